The van der Waals surface area contributed by atoms with Gasteiger partial charge in [-0.15, -0.1) is 0 Å². The van der Waals surface area contributed by atoms with E-state index in [4.69, 9.17) is 16.3 Å². The number of hydrogen-bond donors (Lipinski definition) is 1. The summed E-state index contributed by atoms with van der Waals surface area (Å²) in [6.45, 7) is -0.102. The lowest BCUT2D eigenvalue weighted by Gasteiger charge is -2.11. The maximum absolute atomic E-state index is 12.6. The number of ketones is 1. The zero-order valence-electron chi connectivity index (χ0n) is 18.2. The second kappa shape index (κ2) is 11.1. The molecule has 0 aliphatic carbocycles. The number of halogens is 1. The summed E-state index contributed by atoms with van der Waals surface area (Å²) in [6, 6.07) is 20.4. The van der Waals surface area contributed by atoms with Crippen LogP contribution in [-0.2, 0) is 4.79 Å². The smallest absolute Gasteiger partial charge is 0.259 e. The molecule has 168 valence electrons. The molecule has 7 heteroatoms. The van der Waals surface area contributed by atoms with E-state index in [0.717, 1.165) is 5.56 Å². The topological polar surface area (TPSA) is 75.7 Å². The molecule has 3 aromatic carbocycles. The van der Waals surface area contributed by atoms with Crippen LogP contribution < -0.4 is 10.1 Å². The van der Waals surface area contributed by atoms with E-state index in [9.17, 15) is 14.4 Å². The molecule has 0 aliphatic rings. The first-order chi connectivity index (χ1) is 15.8. The SMILES string of the molecule is CN(C)C(=O)COc1cccc(C(=O)C=Cc2cccc(NC(=O)c3ccc(Cl)cc3)c2)c1. The number of nitrogens with one attached hydrogen (secondary N) is 1. The average Bonchev–Trinajstić information content (AvgIpc) is 2.81. The van der Waals surface area contributed by atoms with Gasteiger partial charge in [0.1, 0.15) is 5.75 Å². The van der Waals surface area contributed by atoms with E-state index in [1.807, 2.05) is 6.07 Å². The molecule has 3 aromatic rings. The third-order valence-corrected chi connectivity index (χ3v) is 4.91. The molecule has 0 atom stereocenters. The molecular formula is C26H23ClN2O4. The molecule has 1 N–H and O–H groups in total. The number of hydrogen-bond acceptors (Lipinski definition) is 4. The Morgan fingerprint density at radius 1 is 0.939 bits per heavy atom. The van der Waals surface area contributed by atoms with E-state index in [1.165, 1.54) is 11.0 Å². The second-order valence-electron chi connectivity index (χ2n) is 7.39. The van der Waals surface area contributed by atoms with Gasteiger partial charge >= 0.3 is 0 Å². The van der Waals surface area contributed by atoms with Gasteiger partial charge in [0.15, 0.2) is 12.4 Å². The minimum Gasteiger partial charge on any atom is -0.484 e. The van der Waals surface area contributed by atoms with E-state index in [2.05, 4.69) is 5.32 Å². The summed E-state index contributed by atoms with van der Waals surface area (Å²) in [6.07, 6.45) is 3.12. The third-order valence-electron chi connectivity index (χ3n) is 4.66. The second-order valence-corrected chi connectivity index (χ2v) is 7.83. The van der Waals surface area contributed by atoms with Gasteiger partial charge in [0, 0.05) is 35.9 Å². The summed E-state index contributed by atoms with van der Waals surface area (Å²) < 4.78 is 5.46. The standard InChI is InChI=1S/C26H23ClN2O4/c1-29(2)25(31)17-33-23-8-4-6-20(16-23)24(30)14-9-18-5-3-7-22(15-18)28-26(32)19-10-12-21(27)13-11-19/h3-16H,17H2,1-2H3,(H,28,32). The van der Waals surface area contributed by atoms with Crippen molar-refractivity contribution in [3.05, 3.63) is 101 Å². The number of ether oxygens (including phenoxy) is 1. The number of anilines is 1. The lowest BCUT2D eigenvalue weighted by molar-refractivity contribution is -0.130. The first-order valence-corrected chi connectivity index (χ1v) is 10.5. The van der Waals surface area contributed by atoms with Crippen molar-refractivity contribution in [2.75, 3.05) is 26.0 Å². The van der Waals surface area contributed by atoms with E-state index in [-0.39, 0.29) is 24.2 Å². The normalized spacial score (nSPS) is 10.6. The number of amides is 2. The number of rotatable bonds is 8. The molecular weight excluding hydrogens is 440 g/mol. The number of nitrogens with zero attached hydrogens (tertiary/aromatic N) is 1. The molecule has 0 fully saturated rings. The Balaban J connectivity index is 1.64. The maximum atomic E-state index is 12.6. The molecule has 0 aromatic heterocycles. The average molecular weight is 463 g/mol. The number of carbonyl (C=O) groups excluding carboxylic acids is 3. The molecule has 6 nitrogen and oxygen atoms in total. The van der Waals surface area contributed by atoms with Crippen LogP contribution in [0.1, 0.15) is 26.3 Å². The number of allylic oxidation sites excluding steroid dienone is 1. The first-order valence-electron chi connectivity index (χ1n) is 10.1. The fourth-order valence-corrected chi connectivity index (χ4v) is 2.93. The predicted octanol–water partition coefficient (Wildman–Crippen LogP) is 4.96. The fraction of sp³-hybridized carbons (Fsp3) is 0.115. The maximum Gasteiger partial charge on any atom is 0.259 e. The zero-order chi connectivity index (χ0) is 23.8. The zero-order valence-corrected chi connectivity index (χ0v) is 19.0. The Kier molecular flexibility index (Phi) is 8.00. The summed E-state index contributed by atoms with van der Waals surface area (Å²) in [5.41, 5.74) is 2.28. The van der Waals surface area contributed by atoms with Gasteiger partial charge in [-0.2, -0.15) is 0 Å². The van der Waals surface area contributed by atoms with Gasteiger partial charge in [0.2, 0.25) is 0 Å². The van der Waals surface area contributed by atoms with Gasteiger partial charge in [0.05, 0.1) is 0 Å². The fourth-order valence-electron chi connectivity index (χ4n) is 2.81. The highest BCUT2D eigenvalue weighted by atomic mass is 35.5. The van der Waals surface area contributed by atoms with E-state index >= 15 is 0 Å². The van der Waals surface area contributed by atoms with Crippen LogP contribution in [-0.4, -0.2) is 43.2 Å². The molecule has 2 amide bonds. The monoisotopic (exact) mass is 462 g/mol. The lowest BCUT2D eigenvalue weighted by Crippen LogP contribution is -2.27. The van der Waals surface area contributed by atoms with E-state index in [1.54, 1.807) is 86.9 Å². The number of likely N-dealkylation sites (N-methyl/N-ethyl adjacent to an activating group) is 1. The van der Waals surface area contributed by atoms with Gasteiger partial charge in [-0.3, -0.25) is 14.4 Å². The summed E-state index contributed by atoms with van der Waals surface area (Å²) in [5, 5.41) is 3.39. The van der Waals surface area contributed by atoms with Crippen molar-refractivity contribution in [2.45, 2.75) is 0 Å². The largest absolute Gasteiger partial charge is 0.484 e. The van der Waals surface area contributed by atoms with Gasteiger partial charge in [-0.1, -0.05) is 41.9 Å². The van der Waals surface area contributed by atoms with Gasteiger partial charge < -0.3 is 15.0 Å². The van der Waals surface area contributed by atoms with Crippen molar-refractivity contribution in [1.29, 1.82) is 0 Å². The minimum absolute atomic E-state index is 0.102. The van der Waals surface area contributed by atoms with Crippen LogP contribution in [0.15, 0.2) is 78.9 Å². The van der Waals surface area contributed by atoms with E-state index in [0.29, 0.717) is 27.6 Å². The van der Waals surface area contributed by atoms with Crippen LogP contribution in [0.25, 0.3) is 6.08 Å². The van der Waals surface area contributed by atoms with Crippen LogP contribution in [0.4, 0.5) is 5.69 Å². The Labute approximate surface area is 197 Å². The Morgan fingerprint density at radius 2 is 1.67 bits per heavy atom. The summed E-state index contributed by atoms with van der Waals surface area (Å²) in [7, 11) is 3.29. The highest BCUT2D eigenvalue weighted by Crippen LogP contribution is 2.17. The quantitative estimate of drug-likeness (QED) is 0.379. The van der Waals surface area contributed by atoms with Crippen LogP contribution in [0.3, 0.4) is 0 Å². The molecule has 0 aliphatic heterocycles. The van der Waals surface area contributed by atoms with Crippen molar-refractivity contribution < 1.29 is 19.1 Å². The van der Waals surface area contributed by atoms with Gasteiger partial charge in [-0.05, 0) is 60.2 Å². The van der Waals surface area contributed by atoms with Crippen LogP contribution in [0, 0.1) is 0 Å². The van der Waals surface area contributed by atoms with Crippen LogP contribution >= 0.6 is 11.6 Å². The van der Waals surface area contributed by atoms with Crippen LogP contribution in [0.5, 0.6) is 5.75 Å². The third kappa shape index (κ3) is 7.05. The molecule has 3 rings (SSSR count). The molecule has 0 spiro atoms. The van der Waals surface area contributed by atoms with Crippen LogP contribution in [0.2, 0.25) is 5.02 Å². The van der Waals surface area contributed by atoms with Crippen molar-refractivity contribution in [3.8, 4) is 5.75 Å². The first kappa shape index (κ1) is 23.8. The highest BCUT2D eigenvalue weighted by Gasteiger charge is 2.08. The van der Waals surface area contributed by atoms with E-state index < -0.39 is 0 Å². The molecule has 0 saturated heterocycles. The molecule has 0 unspecified atom stereocenters. The van der Waals surface area contributed by atoms with Gasteiger partial charge in [0.25, 0.3) is 11.8 Å². The van der Waals surface area contributed by atoms with Crippen molar-refractivity contribution in [3.63, 3.8) is 0 Å². The Bertz CT molecular complexity index is 1190. The molecule has 33 heavy (non-hydrogen) atoms. The predicted molar refractivity (Wildman–Crippen MR) is 130 cm³/mol. The molecule has 0 heterocycles. The molecule has 0 bridgehead atoms. The van der Waals surface area contributed by atoms with Crippen molar-refractivity contribution in [2.24, 2.45) is 0 Å². The van der Waals surface area contributed by atoms with Crippen molar-refractivity contribution >= 4 is 41.0 Å². The Morgan fingerprint density at radius 3 is 2.39 bits per heavy atom. The number of carbonyl (C=O) groups is 3. The summed E-state index contributed by atoms with van der Waals surface area (Å²) >= 11 is 5.86. The highest BCUT2D eigenvalue weighted by molar-refractivity contribution is 6.30. The summed E-state index contributed by atoms with van der Waals surface area (Å²) in [5.74, 6) is -0.200. The minimum atomic E-state index is -0.256. The number of benzene rings is 3. The lowest BCUT2D eigenvalue weighted by atomic mass is 10.1. The molecule has 0 saturated carbocycles. The Hall–Kier alpha value is -3.90. The summed E-state index contributed by atoms with van der Waals surface area (Å²) in [4.78, 5) is 38.1. The van der Waals surface area contributed by atoms with Gasteiger partial charge in [-0.25, -0.2) is 0 Å². The van der Waals surface area contributed by atoms with Crippen molar-refractivity contribution in [1.82, 2.24) is 4.90 Å². The molecule has 0 radical (unpaired) electrons.